The maximum Gasteiger partial charge on any atom is 0.302 e. The van der Waals surface area contributed by atoms with Gasteiger partial charge in [0.1, 0.15) is 6.61 Å². The Balaban J connectivity index is 3.09. The molecule has 0 radical (unpaired) electrons. The van der Waals surface area contributed by atoms with Crippen LogP contribution in [0.25, 0.3) is 0 Å². The molecule has 0 atom stereocenters. The Morgan fingerprint density at radius 3 is 2.78 bits per heavy atom. The summed E-state index contributed by atoms with van der Waals surface area (Å²) < 4.78 is 4.51. The van der Waals surface area contributed by atoms with Gasteiger partial charge in [-0.1, -0.05) is 6.08 Å². The van der Waals surface area contributed by atoms with E-state index >= 15 is 0 Å². The Morgan fingerprint density at radius 1 is 1.67 bits per heavy atom. The third-order valence-electron chi connectivity index (χ3n) is 0.655. The van der Waals surface area contributed by atoms with Crippen molar-refractivity contribution in [1.29, 1.82) is 0 Å². The van der Waals surface area contributed by atoms with E-state index in [1.165, 1.54) is 13.0 Å². The lowest BCUT2D eigenvalue weighted by atomic mass is 10.5. The first-order valence-corrected chi connectivity index (χ1v) is 2.66. The molecule has 3 nitrogen and oxygen atoms in total. The zero-order valence-electron chi connectivity index (χ0n) is 5.33. The Kier molecular flexibility index (Phi) is 4.82. The molecule has 0 aliphatic heterocycles. The largest absolute Gasteiger partial charge is 0.462 e. The highest BCUT2D eigenvalue weighted by Crippen LogP contribution is 1.77. The number of aliphatic hydroxyl groups excluding tert-OH is 1. The third-order valence-corrected chi connectivity index (χ3v) is 0.655. The molecule has 1 N–H and O–H groups in total. The van der Waals surface area contributed by atoms with E-state index in [4.69, 9.17) is 5.11 Å². The normalized spacial score (nSPS) is 10.0. The van der Waals surface area contributed by atoms with E-state index in [1.807, 2.05) is 0 Å². The summed E-state index contributed by atoms with van der Waals surface area (Å²) in [5.41, 5.74) is 0. The van der Waals surface area contributed by atoms with Crippen molar-refractivity contribution in [3.05, 3.63) is 12.2 Å². The molecule has 0 aromatic carbocycles. The molecule has 0 rings (SSSR count). The van der Waals surface area contributed by atoms with Gasteiger partial charge in [0.05, 0.1) is 6.61 Å². The smallest absolute Gasteiger partial charge is 0.302 e. The van der Waals surface area contributed by atoms with Crippen LogP contribution >= 0.6 is 0 Å². The zero-order chi connectivity index (χ0) is 7.11. The number of hydrogen-bond acceptors (Lipinski definition) is 3. The van der Waals surface area contributed by atoms with Crippen LogP contribution < -0.4 is 0 Å². The van der Waals surface area contributed by atoms with Crippen molar-refractivity contribution in [3.8, 4) is 0 Å². The molecule has 0 aromatic heterocycles. The molecule has 0 heterocycles. The fourth-order valence-corrected chi connectivity index (χ4v) is 0.308. The maximum atomic E-state index is 10.1. The fraction of sp³-hybridized carbons (Fsp3) is 0.500. The lowest BCUT2D eigenvalue weighted by Gasteiger charge is -1.92. The molecule has 0 spiro atoms. The summed E-state index contributed by atoms with van der Waals surface area (Å²) in [6.45, 7) is 1.57. The van der Waals surface area contributed by atoms with E-state index in [-0.39, 0.29) is 19.2 Å². The van der Waals surface area contributed by atoms with E-state index in [1.54, 1.807) is 6.08 Å². The Morgan fingerprint density at radius 2 is 2.33 bits per heavy atom. The van der Waals surface area contributed by atoms with Crippen LogP contribution in [0.2, 0.25) is 0 Å². The second kappa shape index (κ2) is 5.31. The highest BCUT2D eigenvalue weighted by atomic mass is 16.5. The molecular formula is C6H10O3. The highest BCUT2D eigenvalue weighted by Gasteiger charge is 1.84. The molecular weight excluding hydrogens is 120 g/mol. The van der Waals surface area contributed by atoms with Gasteiger partial charge in [-0.05, 0) is 6.08 Å². The minimum Gasteiger partial charge on any atom is -0.462 e. The van der Waals surface area contributed by atoms with Crippen molar-refractivity contribution in [2.75, 3.05) is 13.2 Å². The molecule has 3 heteroatoms. The molecule has 0 saturated heterocycles. The molecule has 0 aliphatic rings. The number of ether oxygens (including phenoxy) is 1. The monoisotopic (exact) mass is 130 g/mol. The fourth-order valence-electron chi connectivity index (χ4n) is 0.308. The Labute approximate surface area is 53.9 Å². The molecule has 0 fully saturated rings. The predicted octanol–water partition coefficient (Wildman–Crippen LogP) is 0.0980. The van der Waals surface area contributed by atoms with Gasteiger partial charge in [-0.15, -0.1) is 0 Å². The second-order valence-corrected chi connectivity index (χ2v) is 1.46. The van der Waals surface area contributed by atoms with E-state index in [2.05, 4.69) is 4.74 Å². The summed E-state index contributed by atoms with van der Waals surface area (Å²) >= 11 is 0. The first-order valence-electron chi connectivity index (χ1n) is 2.66. The van der Waals surface area contributed by atoms with Gasteiger partial charge in [0.25, 0.3) is 0 Å². The second-order valence-electron chi connectivity index (χ2n) is 1.46. The number of rotatable bonds is 3. The zero-order valence-corrected chi connectivity index (χ0v) is 5.33. The number of aliphatic hydroxyl groups is 1. The van der Waals surface area contributed by atoms with Crippen molar-refractivity contribution in [2.24, 2.45) is 0 Å². The molecule has 0 amide bonds. The standard InChI is InChI=1S/C6H10O3/c1-6(8)9-5-3-2-4-7/h2-3,7H,4-5H2,1H3. The van der Waals surface area contributed by atoms with Crippen LogP contribution in [0.1, 0.15) is 6.92 Å². The molecule has 52 valence electrons. The van der Waals surface area contributed by atoms with Gasteiger partial charge < -0.3 is 9.84 Å². The van der Waals surface area contributed by atoms with Crippen molar-refractivity contribution in [3.63, 3.8) is 0 Å². The van der Waals surface area contributed by atoms with Gasteiger partial charge in [0, 0.05) is 6.92 Å². The van der Waals surface area contributed by atoms with Crippen molar-refractivity contribution in [2.45, 2.75) is 6.92 Å². The molecule has 9 heavy (non-hydrogen) atoms. The molecule has 0 unspecified atom stereocenters. The first-order chi connectivity index (χ1) is 4.27. The Bertz CT molecular complexity index is 107. The van der Waals surface area contributed by atoms with Crippen LogP contribution in [0.15, 0.2) is 12.2 Å². The topological polar surface area (TPSA) is 46.5 Å². The Hall–Kier alpha value is -0.830. The van der Waals surface area contributed by atoms with Gasteiger partial charge in [0.2, 0.25) is 0 Å². The lowest BCUT2D eigenvalue weighted by Crippen LogP contribution is -1.97. The summed E-state index contributed by atoms with van der Waals surface area (Å²) in [5.74, 6) is -0.308. The van der Waals surface area contributed by atoms with Crippen molar-refractivity contribution in [1.82, 2.24) is 0 Å². The number of esters is 1. The van der Waals surface area contributed by atoms with Crippen LogP contribution in [0, 0.1) is 0 Å². The minimum atomic E-state index is -0.308. The molecule has 0 bridgehead atoms. The van der Waals surface area contributed by atoms with E-state index < -0.39 is 0 Å². The first kappa shape index (κ1) is 8.17. The lowest BCUT2D eigenvalue weighted by molar-refractivity contribution is -0.139. The molecule has 0 aliphatic carbocycles. The number of carbonyl (C=O) groups excluding carboxylic acids is 1. The summed E-state index contributed by atoms with van der Waals surface area (Å²) in [6, 6.07) is 0. The van der Waals surface area contributed by atoms with Crippen LogP contribution in [-0.4, -0.2) is 24.3 Å². The molecule has 0 aromatic rings. The number of hydrogen-bond donors (Lipinski definition) is 1. The minimum absolute atomic E-state index is 0.0126. The van der Waals surface area contributed by atoms with E-state index in [0.29, 0.717) is 0 Å². The van der Waals surface area contributed by atoms with E-state index in [9.17, 15) is 4.79 Å². The van der Waals surface area contributed by atoms with Gasteiger partial charge in [0.15, 0.2) is 0 Å². The van der Waals surface area contributed by atoms with Crippen molar-refractivity contribution < 1.29 is 14.6 Å². The van der Waals surface area contributed by atoms with Gasteiger partial charge >= 0.3 is 5.97 Å². The van der Waals surface area contributed by atoms with Crippen LogP contribution in [-0.2, 0) is 9.53 Å². The predicted molar refractivity (Wildman–Crippen MR) is 32.9 cm³/mol. The maximum absolute atomic E-state index is 10.1. The average Bonchev–Trinajstić information content (AvgIpc) is 1.80. The SMILES string of the molecule is CC(=O)OCC=CCO. The quantitative estimate of drug-likeness (QED) is 0.435. The highest BCUT2D eigenvalue weighted by molar-refractivity contribution is 5.65. The van der Waals surface area contributed by atoms with Crippen LogP contribution in [0.3, 0.4) is 0 Å². The summed E-state index contributed by atoms with van der Waals surface area (Å²) in [5, 5.41) is 8.20. The van der Waals surface area contributed by atoms with Crippen molar-refractivity contribution >= 4 is 5.97 Å². The van der Waals surface area contributed by atoms with Crippen LogP contribution in [0.5, 0.6) is 0 Å². The van der Waals surface area contributed by atoms with E-state index in [0.717, 1.165) is 0 Å². The third kappa shape index (κ3) is 7.17. The molecule has 0 saturated carbocycles. The summed E-state index contributed by atoms with van der Waals surface area (Å²) in [7, 11) is 0. The van der Waals surface area contributed by atoms with Crippen LogP contribution in [0.4, 0.5) is 0 Å². The van der Waals surface area contributed by atoms with Gasteiger partial charge in [-0.25, -0.2) is 0 Å². The summed E-state index contributed by atoms with van der Waals surface area (Å²) in [4.78, 5) is 10.1. The summed E-state index contributed by atoms with van der Waals surface area (Å²) in [6.07, 6.45) is 3.10. The number of carbonyl (C=O) groups is 1. The average molecular weight is 130 g/mol. The van der Waals surface area contributed by atoms with Gasteiger partial charge in [-0.2, -0.15) is 0 Å². The van der Waals surface area contributed by atoms with Gasteiger partial charge in [-0.3, -0.25) is 4.79 Å².